The first-order valence-electron chi connectivity index (χ1n) is 6.01. The maximum Gasteiger partial charge on any atom is 0.0398 e. The summed E-state index contributed by atoms with van der Waals surface area (Å²) in [5.74, 6) is 0. The molecule has 17 heavy (non-hydrogen) atoms. The van der Waals surface area contributed by atoms with Gasteiger partial charge in [0, 0.05) is 4.83 Å². The summed E-state index contributed by atoms with van der Waals surface area (Å²) in [4.78, 5) is 0.448. The highest BCUT2D eigenvalue weighted by atomic mass is 79.9. The Labute approximate surface area is 112 Å². The lowest BCUT2D eigenvalue weighted by Crippen LogP contribution is -1.95. The minimum atomic E-state index is 0.448. The fourth-order valence-corrected chi connectivity index (χ4v) is 2.54. The van der Waals surface area contributed by atoms with Gasteiger partial charge >= 0.3 is 0 Å². The van der Waals surface area contributed by atoms with E-state index >= 15 is 0 Å². The number of hydrogen-bond donors (Lipinski definition) is 0. The van der Waals surface area contributed by atoms with Gasteiger partial charge in [-0.05, 0) is 36.5 Å². The molecule has 1 unspecified atom stereocenters. The van der Waals surface area contributed by atoms with Crippen molar-refractivity contribution in [2.24, 2.45) is 0 Å². The molecule has 0 amide bonds. The molecule has 88 valence electrons. The second kappa shape index (κ2) is 6.02. The molecule has 0 heterocycles. The Morgan fingerprint density at radius 3 is 2.29 bits per heavy atom. The first-order chi connectivity index (χ1) is 8.27. The maximum atomic E-state index is 3.77. The molecule has 0 aliphatic carbocycles. The van der Waals surface area contributed by atoms with Crippen LogP contribution in [0.1, 0.15) is 27.9 Å². The standard InChI is InChI=1S/C16H17Br/c1-13-7-5-6-8-14(13)11-12-16(17)15-9-3-2-4-10-15/h2-10,16H,11-12H2,1H3. The molecule has 1 heteroatoms. The molecular formula is C16H17Br. The van der Waals surface area contributed by atoms with Crippen molar-refractivity contribution in [3.8, 4) is 0 Å². The van der Waals surface area contributed by atoms with E-state index in [0.29, 0.717) is 4.83 Å². The van der Waals surface area contributed by atoms with Gasteiger partial charge in [0.15, 0.2) is 0 Å². The van der Waals surface area contributed by atoms with Crippen molar-refractivity contribution in [3.63, 3.8) is 0 Å². The van der Waals surface area contributed by atoms with Crippen molar-refractivity contribution < 1.29 is 0 Å². The molecule has 0 radical (unpaired) electrons. The molecule has 0 aromatic heterocycles. The average molecular weight is 289 g/mol. The molecule has 0 spiro atoms. The van der Waals surface area contributed by atoms with Crippen LogP contribution in [0.25, 0.3) is 0 Å². The Bertz CT molecular complexity index is 462. The lowest BCUT2D eigenvalue weighted by Gasteiger charge is -2.11. The smallest absolute Gasteiger partial charge is 0.0398 e. The molecular weight excluding hydrogens is 272 g/mol. The zero-order valence-corrected chi connectivity index (χ0v) is 11.7. The predicted molar refractivity (Wildman–Crippen MR) is 77.6 cm³/mol. The molecule has 2 aromatic carbocycles. The Kier molecular flexibility index (Phi) is 4.38. The van der Waals surface area contributed by atoms with Crippen molar-refractivity contribution in [1.29, 1.82) is 0 Å². The van der Waals surface area contributed by atoms with Crippen LogP contribution in [0.15, 0.2) is 54.6 Å². The molecule has 0 bridgehead atoms. The van der Waals surface area contributed by atoms with Gasteiger partial charge in [0.1, 0.15) is 0 Å². The van der Waals surface area contributed by atoms with Gasteiger partial charge in [0.05, 0.1) is 0 Å². The van der Waals surface area contributed by atoms with Crippen molar-refractivity contribution in [1.82, 2.24) is 0 Å². The third-order valence-corrected chi connectivity index (χ3v) is 4.08. The molecule has 0 aliphatic heterocycles. The second-order valence-corrected chi connectivity index (χ2v) is 5.45. The van der Waals surface area contributed by atoms with E-state index in [1.807, 2.05) is 0 Å². The maximum absolute atomic E-state index is 3.77. The van der Waals surface area contributed by atoms with Crippen LogP contribution in [-0.2, 0) is 6.42 Å². The predicted octanol–water partition coefficient (Wildman–Crippen LogP) is 5.06. The van der Waals surface area contributed by atoms with Gasteiger partial charge in [-0.3, -0.25) is 0 Å². The van der Waals surface area contributed by atoms with Gasteiger partial charge in [-0.1, -0.05) is 70.5 Å². The van der Waals surface area contributed by atoms with Gasteiger partial charge in [0.2, 0.25) is 0 Å². The van der Waals surface area contributed by atoms with Crippen LogP contribution in [0.3, 0.4) is 0 Å². The van der Waals surface area contributed by atoms with Crippen LogP contribution in [0, 0.1) is 6.92 Å². The number of benzene rings is 2. The van der Waals surface area contributed by atoms with Crippen molar-refractivity contribution >= 4 is 15.9 Å². The summed E-state index contributed by atoms with van der Waals surface area (Å²) >= 11 is 3.77. The van der Waals surface area contributed by atoms with Crippen LogP contribution >= 0.6 is 15.9 Å². The van der Waals surface area contributed by atoms with E-state index in [1.54, 1.807) is 0 Å². The van der Waals surface area contributed by atoms with Crippen molar-refractivity contribution in [2.75, 3.05) is 0 Å². The van der Waals surface area contributed by atoms with Crippen LogP contribution in [0.5, 0.6) is 0 Å². The van der Waals surface area contributed by atoms with Crippen LogP contribution in [0.2, 0.25) is 0 Å². The van der Waals surface area contributed by atoms with Gasteiger partial charge in [0.25, 0.3) is 0 Å². The fourth-order valence-electron chi connectivity index (χ4n) is 2.00. The highest BCUT2D eigenvalue weighted by Gasteiger charge is 2.07. The first-order valence-corrected chi connectivity index (χ1v) is 6.92. The van der Waals surface area contributed by atoms with E-state index in [2.05, 4.69) is 77.5 Å². The van der Waals surface area contributed by atoms with Crippen LogP contribution in [-0.4, -0.2) is 0 Å². The fraction of sp³-hybridized carbons (Fsp3) is 0.250. The molecule has 2 rings (SSSR count). The number of hydrogen-bond acceptors (Lipinski definition) is 0. The molecule has 0 N–H and O–H groups in total. The molecule has 0 saturated carbocycles. The summed E-state index contributed by atoms with van der Waals surface area (Å²) in [6.07, 6.45) is 2.26. The Morgan fingerprint density at radius 2 is 1.59 bits per heavy atom. The Hall–Kier alpha value is -1.08. The number of alkyl halides is 1. The molecule has 0 saturated heterocycles. The molecule has 0 fully saturated rings. The molecule has 2 aromatic rings. The molecule has 0 nitrogen and oxygen atoms in total. The van der Waals surface area contributed by atoms with Gasteiger partial charge in [-0.15, -0.1) is 0 Å². The van der Waals surface area contributed by atoms with Crippen LogP contribution in [0.4, 0.5) is 0 Å². The monoisotopic (exact) mass is 288 g/mol. The molecule has 1 atom stereocenters. The first kappa shape index (κ1) is 12.4. The van der Waals surface area contributed by atoms with E-state index < -0.39 is 0 Å². The SMILES string of the molecule is Cc1ccccc1CCC(Br)c1ccccc1. The third kappa shape index (κ3) is 3.44. The van der Waals surface area contributed by atoms with Gasteiger partial charge in [-0.2, -0.15) is 0 Å². The van der Waals surface area contributed by atoms with E-state index in [9.17, 15) is 0 Å². The normalized spacial score (nSPS) is 12.4. The lowest BCUT2D eigenvalue weighted by atomic mass is 10.0. The number of aryl methyl sites for hydroxylation is 2. The zero-order valence-electron chi connectivity index (χ0n) is 10.1. The van der Waals surface area contributed by atoms with E-state index in [4.69, 9.17) is 0 Å². The minimum Gasteiger partial charge on any atom is -0.0839 e. The van der Waals surface area contributed by atoms with E-state index in [1.165, 1.54) is 16.7 Å². The number of rotatable bonds is 4. The van der Waals surface area contributed by atoms with Crippen LogP contribution < -0.4 is 0 Å². The topological polar surface area (TPSA) is 0 Å². The van der Waals surface area contributed by atoms with E-state index in [0.717, 1.165) is 12.8 Å². The summed E-state index contributed by atoms with van der Waals surface area (Å²) in [7, 11) is 0. The molecule has 0 aliphatic rings. The third-order valence-electron chi connectivity index (χ3n) is 3.09. The highest BCUT2D eigenvalue weighted by Crippen LogP contribution is 2.28. The number of halogens is 1. The van der Waals surface area contributed by atoms with Crippen molar-refractivity contribution in [2.45, 2.75) is 24.6 Å². The minimum absolute atomic E-state index is 0.448. The summed E-state index contributed by atoms with van der Waals surface area (Å²) in [5.41, 5.74) is 4.20. The largest absolute Gasteiger partial charge is 0.0839 e. The summed E-state index contributed by atoms with van der Waals surface area (Å²) < 4.78 is 0. The van der Waals surface area contributed by atoms with Gasteiger partial charge < -0.3 is 0 Å². The summed E-state index contributed by atoms with van der Waals surface area (Å²) in [6, 6.07) is 19.2. The quantitative estimate of drug-likeness (QED) is 0.690. The zero-order chi connectivity index (χ0) is 12.1. The average Bonchev–Trinajstić information content (AvgIpc) is 2.38. The van der Waals surface area contributed by atoms with Crippen molar-refractivity contribution in [3.05, 3.63) is 71.3 Å². The summed E-state index contributed by atoms with van der Waals surface area (Å²) in [6.45, 7) is 2.18. The second-order valence-electron chi connectivity index (χ2n) is 4.34. The Morgan fingerprint density at radius 1 is 0.941 bits per heavy atom. The van der Waals surface area contributed by atoms with Gasteiger partial charge in [-0.25, -0.2) is 0 Å². The Balaban J connectivity index is 1.97. The summed E-state index contributed by atoms with van der Waals surface area (Å²) in [5, 5.41) is 0. The van der Waals surface area contributed by atoms with E-state index in [-0.39, 0.29) is 0 Å². The lowest BCUT2D eigenvalue weighted by molar-refractivity contribution is 0.809. The highest BCUT2D eigenvalue weighted by molar-refractivity contribution is 9.09.